The van der Waals surface area contributed by atoms with Crippen molar-refractivity contribution in [2.75, 3.05) is 30.9 Å². The van der Waals surface area contributed by atoms with Gasteiger partial charge in [-0.15, -0.1) is 0 Å². The van der Waals surface area contributed by atoms with Crippen molar-refractivity contribution in [3.63, 3.8) is 0 Å². The summed E-state index contributed by atoms with van der Waals surface area (Å²) in [5.41, 5.74) is 9.20. The van der Waals surface area contributed by atoms with Crippen LogP contribution in [0.1, 0.15) is 25.8 Å². The average molecular weight is 236 g/mol. The van der Waals surface area contributed by atoms with Gasteiger partial charge in [0.1, 0.15) is 0 Å². The van der Waals surface area contributed by atoms with Gasteiger partial charge in [0.05, 0.1) is 6.61 Å². The van der Waals surface area contributed by atoms with Crippen LogP contribution in [0, 0.1) is 6.92 Å². The third-order valence-corrected chi connectivity index (χ3v) is 3.32. The molecular weight excluding hydrogens is 212 g/mol. The van der Waals surface area contributed by atoms with Gasteiger partial charge in [0.25, 0.3) is 0 Å². The van der Waals surface area contributed by atoms with Crippen LogP contribution in [0.5, 0.6) is 0 Å². The lowest BCUT2D eigenvalue weighted by Gasteiger charge is -2.32. The van der Waals surface area contributed by atoms with Gasteiger partial charge >= 0.3 is 0 Å². The maximum atomic E-state index is 5.97. The molecule has 3 heteroatoms. The van der Waals surface area contributed by atoms with E-state index < -0.39 is 0 Å². The minimum atomic E-state index is 0.491. The largest absolute Gasteiger partial charge is 0.398 e. The molecule has 96 valence electrons. The summed E-state index contributed by atoms with van der Waals surface area (Å²) in [5, 5.41) is 0. The van der Waals surface area contributed by atoms with Crippen molar-refractivity contribution in [2.45, 2.75) is 33.2 Å². The third kappa shape index (κ3) is 3.37. The smallest absolute Gasteiger partial charge is 0.0637 e. The fourth-order valence-electron chi connectivity index (χ4n) is 1.94. The number of benzene rings is 1. The predicted molar refractivity (Wildman–Crippen MR) is 74.6 cm³/mol. The number of nitrogens with two attached hydrogens (primary N) is 1. The Balaban J connectivity index is 2.99. The molecule has 1 aromatic rings. The van der Waals surface area contributed by atoms with E-state index >= 15 is 0 Å². The number of ether oxygens (including phenoxy) is 1. The Hall–Kier alpha value is -1.22. The van der Waals surface area contributed by atoms with Crippen LogP contribution in [-0.4, -0.2) is 26.3 Å². The molecule has 0 amide bonds. The third-order valence-electron chi connectivity index (χ3n) is 3.32. The maximum Gasteiger partial charge on any atom is 0.0637 e. The molecule has 0 aliphatic heterocycles. The molecule has 0 spiro atoms. The first kappa shape index (κ1) is 13.8. The number of nitrogens with zero attached hydrogens (tertiary/aromatic N) is 1. The van der Waals surface area contributed by atoms with E-state index in [0.717, 1.165) is 30.8 Å². The van der Waals surface area contributed by atoms with Crippen LogP contribution in [0.25, 0.3) is 0 Å². The number of anilines is 2. The van der Waals surface area contributed by atoms with Crippen LogP contribution in [0.2, 0.25) is 0 Å². The van der Waals surface area contributed by atoms with Gasteiger partial charge in [-0.1, -0.05) is 13.0 Å². The standard InChI is InChI=1S/C14H24N2O/c1-5-11(2)16(9-10-17-4)14-8-6-7-13(15)12(14)3/h6-8,11H,5,9-10,15H2,1-4H3. The summed E-state index contributed by atoms with van der Waals surface area (Å²) in [4.78, 5) is 2.37. The number of rotatable bonds is 6. The van der Waals surface area contributed by atoms with Crippen LogP contribution in [0.3, 0.4) is 0 Å². The first-order valence-electron chi connectivity index (χ1n) is 6.22. The van der Waals surface area contributed by atoms with Crippen LogP contribution in [0.4, 0.5) is 11.4 Å². The molecule has 0 radical (unpaired) electrons. The molecule has 1 rings (SSSR count). The van der Waals surface area contributed by atoms with E-state index in [1.807, 2.05) is 12.1 Å². The highest BCUT2D eigenvalue weighted by Crippen LogP contribution is 2.26. The van der Waals surface area contributed by atoms with Gasteiger partial charge in [-0.05, 0) is 38.0 Å². The molecule has 0 fully saturated rings. The molecule has 0 saturated carbocycles. The Morgan fingerprint density at radius 2 is 2.12 bits per heavy atom. The highest BCUT2D eigenvalue weighted by Gasteiger charge is 2.15. The van der Waals surface area contributed by atoms with Crippen LogP contribution < -0.4 is 10.6 Å². The van der Waals surface area contributed by atoms with Crippen molar-refractivity contribution in [1.82, 2.24) is 0 Å². The van der Waals surface area contributed by atoms with E-state index in [4.69, 9.17) is 10.5 Å². The van der Waals surface area contributed by atoms with E-state index in [0.29, 0.717) is 6.04 Å². The first-order chi connectivity index (χ1) is 8.11. The molecule has 1 unspecified atom stereocenters. The molecule has 1 aromatic carbocycles. The first-order valence-corrected chi connectivity index (χ1v) is 6.22. The number of hydrogen-bond donors (Lipinski definition) is 1. The lowest BCUT2D eigenvalue weighted by molar-refractivity contribution is 0.203. The fourth-order valence-corrected chi connectivity index (χ4v) is 1.94. The molecule has 17 heavy (non-hydrogen) atoms. The molecule has 1 atom stereocenters. The second-order valence-corrected chi connectivity index (χ2v) is 4.43. The SMILES string of the molecule is CCC(C)N(CCOC)c1cccc(N)c1C. The Morgan fingerprint density at radius 1 is 1.41 bits per heavy atom. The van der Waals surface area contributed by atoms with Gasteiger partial charge in [0, 0.05) is 31.1 Å². The number of hydrogen-bond acceptors (Lipinski definition) is 3. The molecule has 0 aliphatic rings. The van der Waals surface area contributed by atoms with Crippen molar-refractivity contribution < 1.29 is 4.74 Å². The molecular formula is C14H24N2O. The molecule has 0 saturated heterocycles. The minimum Gasteiger partial charge on any atom is -0.398 e. The normalized spacial score (nSPS) is 12.5. The Morgan fingerprint density at radius 3 is 2.71 bits per heavy atom. The zero-order valence-corrected chi connectivity index (χ0v) is 11.4. The molecule has 0 aliphatic carbocycles. The number of nitrogen functional groups attached to an aromatic ring is 1. The highest BCUT2D eigenvalue weighted by atomic mass is 16.5. The lowest BCUT2D eigenvalue weighted by atomic mass is 10.1. The van der Waals surface area contributed by atoms with Crippen LogP contribution >= 0.6 is 0 Å². The summed E-state index contributed by atoms with van der Waals surface area (Å²) in [7, 11) is 1.74. The Labute approximate surface area is 105 Å². The summed E-state index contributed by atoms with van der Waals surface area (Å²) in [6, 6.07) is 6.59. The van der Waals surface area contributed by atoms with Gasteiger partial charge in [0.2, 0.25) is 0 Å². The molecule has 0 heterocycles. The minimum absolute atomic E-state index is 0.491. The van der Waals surface area contributed by atoms with Gasteiger partial charge < -0.3 is 15.4 Å². The molecule has 0 aromatic heterocycles. The van der Waals surface area contributed by atoms with Crippen LogP contribution in [0.15, 0.2) is 18.2 Å². The lowest BCUT2D eigenvalue weighted by Crippen LogP contribution is -2.36. The fraction of sp³-hybridized carbons (Fsp3) is 0.571. The topological polar surface area (TPSA) is 38.5 Å². The van der Waals surface area contributed by atoms with Crippen molar-refractivity contribution in [1.29, 1.82) is 0 Å². The summed E-state index contributed by atoms with van der Waals surface area (Å²) in [6.07, 6.45) is 1.11. The van der Waals surface area contributed by atoms with Crippen molar-refractivity contribution in [2.24, 2.45) is 0 Å². The Kier molecular flexibility index (Phi) is 5.29. The monoisotopic (exact) mass is 236 g/mol. The molecule has 0 bridgehead atoms. The second kappa shape index (κ2) is 6.50. The predicted octanol–water partition coefficient (Wildman–Crippen LogP) is 2.83. The second-order valence-electron chi connectivity index (χ2n) is 4.43. The quantitative estimate of drug-likeness (QED) is 0.772. The van der Waals surface area contributed by atoms with Gasteiger partial charge in [-0.2, -0.15) is 0 Å². The van der Waals surface area contributed by atoms with Crippen LogP contribution in [-0.2, 0) is 4.74 Å². The van der Waals surface area contributed by atoms with E-state index in [9.17, 15) is 0 Å². The summed E-state index contributed by atoms with van der Waals surface area (Å²) < 4.78 is 5.19. The molecule has 2 N–H and O–H groups in total. The van der Waals surface area contributed by atoms with E-state index in [2.05, 4.69) is 31.7 Å². The van der Waals surface area contributed by atoms with E-state index in [-0.39, 0.29) is 0 Å². The van der Waals surface area contributed by atoms with Gasteiger partial charge in [-0.3, -0.25) is 0 Å². The maximum absolute atomic E-state index is 5.97. The highest BCUT2D eigenvalue weighted by molar-refractivity contribution is 5.64. The average Bonchev–Trinajstić information content (AvgIpc) is 2.34. The van der Waals surface area contributed by atoms with E-state index in [1.165, 1.54) is 5.69 Å². The summed E-state index contributed by atoms with van der Waals surface area (Å²) in [5.74, 6) is 0. The van der Waals surface area contributed by atoms with Crippen molar-refractivity contribution >= 4 is 11.4 Å². The Bertz CT molecular complexity index is 352. The van der Waals surface area contributed by atoms with Crippen molar-refractivity contribution in [3.05, 3.63) is 23.8 Å². The molecule has 3 nitrogen and oxygen atoms in total. The van der Waals surface area contributed by atoms with Crippen molar-refractivity contribution in [3.8, 4) is 0 Å². The van der Waals surface area contributed by atoms with Gasteiger partial charge in [-0.25, -0.2) is 0 Å². The van der Waals surface area contributed by atoms with Gasteiger partial charge in [0.15, 0.2) is 0 Å². The van der Waals surface area contributed by atoms with E-state index in [1.54, 1.807) is 7.11 Å². The summed E-state index contributed by atoms with van der Waals surface area (Å²) in [6.45, 7) is 8.14. The number of methoxy groups -OCH3 is 1. The summed E-state index contributed by atoms with van der Waals surface area (Å²) >= 11 is 0. The zero-order chi connectivity index (χ0) is 12.8. The zero-order valence-electron chi connectivity index (χ0n) is 11.4.